The Labute approximate surface area is 119 Å². The zero-order chi connectivity index (χ0) is 15.2. The second-order valence-corrected chi connectivity index (χ2v) is 4.04. The Morgan fingerprint density at radius 2 is 2.19 bits per heavy atom. The number of carbonyl (C=O) groups is 1. The number of carbonyl (C=O) groups excluding carboxylic acids is 1. The minimum absolute atomic E-state index is 0.0316. The van der Waals surface area contributed by atoms with Crippen molar-refractivity contribution in [1.29, 1.82) is 0 Å². The van der Waals surface area contributed by atoms with Crippen LogP contribution in [0.2, 0.25) is 0 Å². The van der Waals surface area contributed by atoms with Gasteiger partial charge in [-0.25, -0.2) is 10.8 Å². The first-order valence-electron chi connectivity index (χ1n) is 5.90. The van der Waals surface area contributed by atoms with Crippen molar-refractivity contribution in [3.63, 3.8) is 0 Å². The van der Waals surface area contributed by atoms with Gasteiger partial charge >= 0.3 is 0 Å². The molecule has 0 aliphatic heterocycles. The summed E-state index contributed by atoms with van der Waals surface area (Å²) in [7, 11) is 0. The van der Waals surface area contributed by atoms with E-state index in [2.05, 4.69) is 20.7 Å². The van der Waals surface area contributed by atoms with Crippen molar-refractivity contribution >= 4 is 17.4 Å². The average molecular weight is 288 g/mol. The Balaban J connectivity index is 2.03. The van der Waals surface area contributed by atoms with Crippen LogP contribution < -0.4 is 16.6 Å². The maximum atomic E-state index is 11.9. The summed E-state index contributed by atoms with van der Waals surface area (Å²) in [5, 5.41) is 13.3. The normalized spacial score (nSPS) is 9.95. The van der Waals surface area contributed by atoms with Crippen LogP contribution in [0.5, 0.6) is 0 Å². The minimum atomic E-state index is -0.493. The molecule has 21 heavy (non-hydrogen) atoms. The van der Waals surface area contributed by atoms with Crippen molar-refractivity contribution in [1.82, 2.24) is 15.3 Å². The van der Waals surface area contributed by atoms with Gasteiger partial charge < -0.3 is 10.7 Å². The fourth-order valence-electron chi connectivity index (χ4n) is 1.60. The molecule has 0 fully saturated rings. The number of rotatable bonds is 5. The molecule has 108 valence electrons. The van der Waals surface area contributed by atoms with Crippen molar-refractivity contribution in [2.75, 3.05) is 5.43 Å². The van der Waals surface area contributed by atoms with E-state index >= 15 is 0 Å². The summed E-state index contributed by atoms with van der Waals surface area (Å²) < 4.78 is 0. The number of nitrogen functional groups attached to an aromatic ring is 1. The summed E-state index contributed by atoms with van der Waals surface area (Å²) in [6, 6.07) is 6.01. The van der Waals surface area contributed by atoms with Crippen LogP contribution in [0.4, 0.5) is 11.5 Å². The number of hydrogen-bond acceptors (Lipinski definition) is 7. The summed E-state index contributed by atoms with van der Waals surface area (Å²) in [6.07, 6.45) is 2.67. The van der Waals surface area contributed by atoms with Gasteiger partial charge in [0.1, 0.15) is 5.69 Å². The highest BCUT2D eigenvalue weighted by atomic mass is 16.6. The number of non-ortho nitro benzene ring substituents is 1. The first-order chi connectivity index (χ1) is 10.1. The first-order valence-corrected chi connectivity index (χ1v) is 5.90. The zero-order valence-corrected chi connectivity index (χ0v) is 10.8. The van der Waals surface area contributed by atoms with Gasteiger partial charge in [-0.3, -0.25) is 19.9 Å². The molecule has 0 spiro atoms. The van der Waals surface area contributed by atoms with E-state index in [4.69, 9.17) is 5.84 Å². The van der Waals surface area contributed by atoms with Crippen LogP contribution in [-0.4, -0.2) is 20.8 Å². The molecule has 1 amide bonds. The monoisotopic (exact) mass is 288 g/mol. The van der Waals surface area contributed by atoms with Crippen LogP contribution in [0, 0.1) is 10.1 Å². The molecule has 0 saturated heterocycles. The smallest absolute Gasteiger partial charge is 0.271 e. The quantitative estimate of drug-likeness (QED) is 0.416. The third-order valence-corrected chi connectivity index (χ3v) is 2.59. The van der Waals surface area contributed by atoms with E-state index < -0.39 is 10.8 Å². The number of benzene rings is 1. The van der Waals surface area contributed by atoms with Gasteiger partial charge in [0.05, 0.1) is 17.3 Å². The number of nitro benzene ring substituents is 1. The van der Waals surface area contributed by atoms with Gasteiger partial charge in [0.15, 0.2) is 5.82 Å². The topological polar surface area (TPSA) is 136 Å². The highest BCUT2D eigenvalue weighted by Crippen LogP contribution is 2.12. The number of amides is 1. The van der Waals surface area contributed by atoms with Gasteiger partial charge in [0, 0.05) is 18.7 Å². The number of nitrogens with one attached hydrogen (secondary N) is 2. The van der Waals surface area contributed by atoms with Crippen LogP contribution >= 0.6 is 0 Å². The third kappa shape index (κ3) is 3.70. The summed E-state index contributed by atoms with van der Waals surface area (Å²) in [5.74, 6) is 4.99. The van der Waals surface area contributed by atoms with E-state index in [-0.39, 0.29) is 23.7 Å². The van der Waals surface area contributed by atoms with Gasteiger partial charge in [-0.05, 0) is 5.56 Å². The number of nitrogens with two attached hydrogens (primary N) is 1. The SMILES string of the molecule is NNc1cncc(C(=O)NCc2cccc([N+](=O)[O-])c2)n1. The van der Waals surface area contributed by atoms with Crippen LogP contribution in [0.25, 0.3) is 0 Å². The fourth-order valence-corrected chi connectivity index (χ4v) is 1.60. The molecule has 2 rings (SSSR count). The molecule has 0 unspecified atom stereocenters. The maximum Gasteiger partial charge on any atom is 0.271 e. The summed E-state index contributed by atoms with van der Waals surface area (Å²) >= 11 is 0. The number of nitro groups is 1. The van der Waals surface area contributed by atoms with E-state index in [1.165, 1.54) is 24.5 Å². The minimum Gasteiger partial charge on any atom is -0.347 e. The molecule has 0 atom stereocenters. The zero-order valence-electron chi connectivity index (χ0n) is 10.8. The summed E-state index contributed by atoms with van der Waals surface area (Å²) in [5.41, 5.74) is 2.96. The van der Waals surface area contributed by atoms with E-state index in [0.29, 0.717) is 5.56 Å². The Morgan fingerprint density at radius 1 is 1.38 bits per heavy atom. The molecule has 9 heteroatoms. The van der Waals surface area contributed by atoms with Crippen molar-refractivity contribution in [3.8, 4) is 0 Å². The molecule has 9 nitrogen and oxygen atoms in total. The fraction of sp³-hybridized carbons (Fsp3) is 0.0833. The molecular weight excluding hydrogens is 276 g/mol. The molecule has 4 N–H and O–H groups in total. The number of aromatic nitrogens is 2. The van der Waals surface area contributed by atoms with Crippen molar-refractivity contribution in [2.45, 2.75) is 6.54 Å². The van der Waals surface area contributed by atoms with Crippen molar-refractivity contribution in [2.24, 2.45) is 5.84 Å². The van der Waals surface area contributed by atoms with Crippen LogP contribution in [0.15, 0.2) is 36.7 Å². The lowest BCUT2D eigenvalue weighted by molar-refractivity contribution is -0.384. The Morgan fingerprint density at radius 3 is 2.90 bits per heavy atom. The number of anilines is 1. The van der Waals surface area contributed by atoms with E-state index in [0.717, 1.165) is 0 Å². The summed E-state index contributed by atoms with van der Waals surface area (Å²) in [6.45, 7) is 0.141. The highest BCUT2D eigenvalue weighted by molar-refractivity contribution is 5.92. The molecule has 0 aliphatic rings. The van der Waals surface area contributed by atoms with Crippen molar-refractivity contribution in [3.05, 3.63) is 58.0 Å². The molecule has 1 aromatic heterocycles. The predicted molar refractivity (Wildman–Crippen MR) is 74.1 cm³/mol. The molecule has 1 aromatic carbocycles. The largest absolute Gasteiger partial charge is 0.347 e. The van der Waals surface area contributed by atoms with Gasteiger partial charge in [-0.15, -0.1) is 0 Å². The number of nitrogens with zero attached hydrogens (tertiary/aromatic N) is 3. The predicted octanol–water partition coefficient (Wildman–Crippen LogP) is 0.600. The molecule has 0 bridgehead atoms. The van der Waals surface area contributed by atoms with E-state index in [9.17, 15) is 14.9 Å². The molecule has 0 aliphatic carbocycles. The van der Waals surface area contributed by atoms with Crippen LogP contribution in [0.1, 0.15) is 16.1 Å². The Bertz CT molecular complexity index is 676. The maximum absolute atomic E-state index is 11.9. The molecule has 2 aromatic rings. The third-order valence-electron chi connectivity index (χ3n) is 2.59. The second kappa shape index (κ2) is 6.39. The van der Waals surface area contributed by atoms with Gasteiger partial charge in [-0.2, -0.15) is 0 Å². The van der Waals surface area contributed by atoms with Gasteiger partial charge in [0.2, 0.25) is 0 Å². The Hall–Kier alpha value is -3.07. The molecule has 0 saturated carbocycles. The Kier molecular flexibility index (Phi) is 4.36. The number of hydrazine groups is 1. The van der Waals surface area contributed by atoms with Gasteiger partial charge in [0.25, 0.3) is 11.6 Å². The van der Waals surface area contributed by atoms with Crippen LogP contribution in [0.3, 0.4) is 0 Å². The molecular formula is C12H12N6O3. The average Bonchev–Trinajstić information content (AvgIpc) is 2.53. The second-order valence-electron chi connectivity index (χ2n) is 4.04. The highest BCUT2D eigenvalue weighted by Gasteiger charge is 2.10. The number of hydrogen-bond donors (Lipinski definition) is 3. The van der Waals surface area contributed by atoms with E-state index in [1.54, 1.807) is 12.1 Å². The van der Waals surface area contributed by atoms with Gasteiger partial charge in [-0.1, -0.05) is 12.1 Å². The lowest BCUT2D eigenvalue weighted by Crippen LogP contribution is -2.24. The molecule has 1 heterocycles. The standard InChI is InChI=1S/C12H12N6O3/c13-17-11-7-14-6-10(16-11)12(19)15-5-8-2-1-3-9(4-8)18(20)21/h1-4,6-7H,5,13H2,(H,15,19)(H,16,17). The lowest BCUT2D eigenvalue weighted by Gasteiger charge is -2.05. The first kappa shape index (κ1) is 14.3. The molecule has 0 radical (unpaired) electrons. The van der Waals surface area contributed by atoms with E-state index in [1.807, 2.05) is 0 Å². The van der Waals surface area contributed by atoms with Crippen molar-refractivity contribution < 1.29 is 9.72 Å². The van der Waals surface area contributed by atoms with Crippen LogP contribution in [-0.2, 0) is 6.54 Å². The lowest BCUT2D eigenvalue weighted by atomic mass is 10.2. The summed E-state index contributed by atoms with van der Waals surface area (Å²) in [4.78, 5) is 29.8.